The van der Waals surface area contributed by atoms with E-state index in [1.54, 1.807) is 0 Å². The van der Waals surface area contributed by atoms with Crippen LogP contribution in [0.3, 0.4) is 0 Å². The Kier molecular flexibility index (Phi) is 4.83. The molecule has 0 unspecified atom stereocenters. The van der Waals surface area contributed by atoms with Gasteiger partial charge >= 0.3 is 0 Å². The van der Waals surface area contributed by atoms with E-state index < -0.39 is 0 Å². The van der Waals surface area contributed by atoms with E-state index in [4.69, 9.17) is 11.6 Å². The number of hydrogen-bond donors (Lipinski definition) is 0. The lowest BCUT2D eigenvalue weighted by Crippen LogP contribution is -2.19. The van der Waals surface area contributed by atoms with Crippen molar-refractivity contribution in [3.63, 3.8) is 0 Å². The lowest BCUT2D eigenvalue weighted by molar-refractivity contribution is 0.363. The molecule has 0 bridgehead atoms. The summed E-state index contributed by atoms with van der Waals surface area (Å²) in [5.74, 6) is 0. The van der Waals surface area contributed by atoms with Crippen LogP contribution >= 0.6 is 27.5 Å². The molecule has 0 atom stereocenters. The Bertz CT molecular complexity index is 405. The summed E-state index contributed by atoms with van der Waals surface area (Å²) in [6.07, 6.45) is 2.51. The zero-order chi connectivity index (χ0) is 12.2. The molecule has 1 nitrogen and oxygen atoms in total. The van der Waals surface area contributed by atoms with Gasteiger partial charge in [0.25, 0.3) is 0 Å². The van der Waals surface area contributed by atoms with Gasteiger partial charge in [-0.15, -0.1) is 0 Å². The van der Waals surface area contributed by atoms with Crippen LogP contribution in [0.15, 0.2) is 22.7 Å². The second-order valence-corrected chi connectivity index (χ2v) is 5.30. The predicted molar refractivity (Wildman–Crippen MR) is 71.5 cm³/mol. The quantitative estimate of drug-likeness (QED) is 0.769. The highest BCUT2D eigenvalue weighted by Crippen LogP contribution is 2.33. The minimum atomic E-state index is -0.254. The smallest absolute Gasteiger partial charge is 0.0693 e. The topological polar surface area (TPSA) is 23.8 Å². The fourth-order valence-electron chi connectivity index (χ4n) is 1.73. The van der Waals surface area contributed by atoms with Crippen molar-refractivity contribution < 1.29 is 0 Å². The first-order chi connectivity index (χ1) is 7.56. The van der Waals surface area contributed by atoms with Gasteiger partial charge in [0.1, 0.15) is 0 Å². The first kappa shape index (κ1) is 13.5. The number of halogens is 2. The molecule has 0 fully saturated rings. The monoisotopic (exact) mass is 299 g/mol. The molecule has 0 N–H and O–H groups in total. The molecule has 0 aromatic heterocycles. The van der Waals surface area contributed by atoms with Crippen LogP contribution in [0.4, 0.5) is 0 Å². The first-order valence-electron chi connectivity index (χ1n) is 5.42. The first-order valence-corrected chi connectivity index (χ1v) is 6.59. The molecule has 3 heteroatoms. The molecule has 0 heterocycles. The minimum absolute atomic E-state index is 0.254. The third kappa shape index (κ3) is 2.99. The maximum atomic E-state index is 9.29. The molecule has 16 heavy (non-hydrogen) atoms. The van der Waals surface area contributed by atoms with Gasteiger partial charge in [0.05, 0.1) is 11.5 Å². The van der Waals surface area contributed by atoms with Crippen molar-refractivity contribution in [3.05, 3.63) is 33.3 Å². The summed E-state index contributed by atoms with van der Waals surface area (Å²) in [7, 11) is 0. The van der Waals surface area contributed by atoms with Gasteiger partial charge in [-0.1, -0.05) is 47.4 Å². The number of nitriles is 1. The Balaban J connectivity index is 2.99. The molecule has 0 saturated heterocycles. The van der Waals surface area contributed by atoms with Gasteiger partial charge in [-0.2, -0.15) is 5.26 Å². The molecule has 0 aliphatic heterocycles. The van der Waals surface area contributed by atoms with Gasteiger partial charge in [-0.05, 0) is 37.0 Å². The largest absolute Gasteiger partial charge is 0.198 e. The molecular weight excluding hydrogens is 286 g/mol. The Morgan fingerprint density at radius 2 is 2.00 bits per heavy atom. The second-order valence-electron chi connectivity index (χ2n) is 4.01. The molecule has 1 aromatic carbocycles. The number of rotatable bonds is 4. The van der Waals surface area contributed by atoms with Crippen molar-refractivity contribution >= 4 is 27.5 Å². The Labute approximate surface area is 111 Å². The Hall–Kier alpha value is -0.520. The molecule has 0 aliphatic carbocycles. The standard InChI is InChI=1S/C13H15BrClN/c1-3-13(4-2,9-16)8-10-5-6-11(15)7-12(10)14/h5-7H,3-4,8H2,1-2H3. The zero-order valence-electron chi connectivity index (χ0n) is 9.56. The van der Waals surface area contributed by atoms with Gasteiger partial charge in [0, 0.05) is 9.50 Å². The second kappa shape index (κ2) is 5.70. The van der Waals surface area contributed by atoms with Crippen LogP contribution in [-0.4, -0.2) is 0 Å². The van der Waals surface area contributed by atoms with E-state index in [2.05, 4.69) is 35.8 Å². The molecule has 0 spiro atoms. The summed E-state index contributed by atoms with van der Waals surface area (Å²) in [6.45, 7) is 4.13. The zero-order valence-corrected chi connectivity index (χ0v) is 11.9. The fourth-order valence-corrected chi connectivity index (χ4v) is 2.55. The normalized spacial score (nSPS) is 11.2. The van der Waals surface area contributed by atoms with Crippen molar-refractivity contribution in [2.45, 2.75) is 33.1 Å². The molecule has 0 saturated carbocycles. The van der Waals surface area contributed by atoms with Gasteiger partial charge in [0.15, 0.2) is 0 Å². The summed E-state index contributed by atoms with van der Waals surface area (Å²) in [4.78, 5) is 0. The van der Waals surface area contributed by atoms with Crippen LogP contribution in [-0.2, 0) is 6.42 Å². The third-order valence-corrected chi connectivity index (χ3v) is 4.11. The summed E-state index contributed by atoms with van der Waals surface area (Å²) < 4.78 is 0.988. The Morgan fingerprint density at radius 1 is 1.38 bits per heavy atom. The van der Waals surface area contributed by atoms with Gasteiger partial charge in [-0.3, -0.25) is 0 Å². The van der Waals surface area contributed by atoms with Crippen LogP contribution in [0.2, 0.25) is 5.02 Å². The van der Waals surface area contributed by atoms with E-state index in [-0.39, 0.29) is 5.41 Å². The average molecular weight is 301 g/mol. The lowest BCUT2D eigenvalue weighted by atomic mass is 9.78. The summed E-state index contributed by atoms with van der Waals surface area (Å²) in [5, 5.41) is 10.0. The van der Waals surface area contributed by atoms with Crippen molar-refractivity contribution in [1.29, 1.82) is 5.26 Å². The SMILES string of the molecule is CCC(C#N)(CC)Cc1ccc(Cl)cc1Br. The van der Waals surface area contributed by atoms with Gasteiger partial charge in [-0.25, -0.2) is 0 Å². The van der Waals surface area contributed by atoms with Crippen molar-refractivity contribution in [2.75, 3.05) is 0 Å². The summed E-state index contributed by atoms with van der Waals surface area (Å²) in [5.41, 5.74) is 0.894. The summed E-state index contributed by atoms with van der Waals surface area (Å²) >= 11 is 9.39. The van der Waals surface area contributed by atoms with Crippen molar-refractivity contribution in [3.8, 4) is 6.07 Å². The Morgan fingerprint density at radius 3 is 2.44 bits per heavy atom. The minimum Gasteiger partial charge on any atom is -0.198 e. The molecule has 1 rings (SSSR count). The molecule has 0 amide bonds. The maximum absolute atomic E-state index is 9.29. The van der Waals surface area contributed by atoms with Crippen molar-refractivity contribution in [1.82, 2.24) is 0 Å². The van der Waals surface area contributed by atoms with Crippen LogP contribution < -0.4 is 0 Å². The highest BCUT2D eigenvalue weighted by Gasteiger charge is 2.26. The van der Waals surface area contributed by atoms with E-state index >= 15 is 0 Å². The molecule has 1 aromatic rings. The number of benzene rings is 1. The number of nitrogens with zero attached hydrogens (tertiary/aromatic N) is 1. The highest BCUT2D eigenvalue weighted by molar-refractivity contribution is 9.10. The predicted octanol–water partition coefficient (Wildman–Crippen LogP) is 4.97. The highest BCUT2D eigenvalue weighted by atomic mass is 79.9. The molecule has 0 radical (unpaired) electrons. The van der Waals surface area contributed by atoms with E-state index in [1.807, 2.05) is 18.2 Å². The fraction of sp³-hybridized carbons (Fsp3) is 0.462. The average Bonchev–Trinajstić information content (AvgIpc) is 2.29. The van der Waals surface area contributed by atoms with E-state index in [9.17, 15) is 5.26 Å². The van der Waals surface area contributed by atoms with Crippen LogP contribution in [0.5, 0.6) is 0 Å². The van der Waals surface area contributed by atoms with Crippen LogP contribution in [0.1, 0.15) is 32.3 Å². The van der Waals surface area contributed by atoms with Gasteiger partial charge in [0.2, 0.25) is 0 Å². The molecule has 86 valence electrons. The molecular formula is C13H15BrClN. The van der Waals surface area contributed by atoms with Crippen molar-refractivity contribution in [2.24, 2.45) is 5.41 Å². The van der Waals surface area contributed by atoms with E-state index in [0.717, 1.165) is 29.3 Å². The van der Waals surface area contributed by atoms with Crippen LogP contribution in [0, 0.1) is 16.7 Å². The van der Waals surface area contributed by atoms with Gasteiger partial charge < -0.3 is 0 Å². The summed E-state index contributed by atoms with van der Waals surface area (Å²) in [6, 6.07) is 8.19. The lowest BCUT2D eigenvalue weighted by Gasteiger charge is -2.23. The van der Waals surface area contributed by atoms with E-state index in [1.165, 1.54) is 0 Å². The number of hydrogen-bond acceptors (Lipinski definition) is 1. The molecule has 0 aliphatic rings. The van der Waals surface area contributed by atoms with E-state index in [0.29, 0.717) is 5.02 Å². The third-order valence-electron chi connectivity index (χ3n) is 3.13. The van der Waals surface area contributed by atoms with Crippen LogP contribution in [0.25, 0.3) is 0 Å². The maximum Gasteiger partial charge on any atom is 0.0693 e.